The molecule has 0 radical (unpaired) electrons. The first-order chi connectivity index (χ1) is 19.7. The third-order valence-electron chi connectivity index (χ3n) is 8.30. The second kappa shape index (κ2) is 12.4. The average Bonchev–Trinajstić information content (AvgIpc) is 2.99. The van der Waals surface area contributed by atoms with Gasteiger partial charge in [0.05, 0.1) is 29.2 Å². The molecule has 1 N–H and O–H groups in total. The van der Waals surface area contributed by atoms with Gasteiger partial charge in [-0.3, -0.25) is 9.59 Å². The normalized spacial score (nSPS) is 21.0. The summed E-state index contributed by atoms with van der Waals surface area (Å²) >= 11 is 12.7. The molecule has 0 bridgehead atoms. The number of likely N-dealkylation sites (tertiary alicyclic amines) is 1. The van der Waals surface area contributed by atoms with Crippen LogP contribution in [0.1, 0.15) is 37.3 Å². The molecule has 9 heteroatoms. The van der Waals surface area contributed by atoms with Gasteiger partial charge in [-0.1, -0.05) is 59.6 Å². The van der Waals surface area contributed by atoms with Crippen LogP contribution in [0, 0.1) is 0 Å². The quantitative estimate of drug-likeness (QED) is 0.357. The molecule has 2 heterocycles. The van der Waals surface area contributed by atoms with Crippen LogP contribution < -0.4 is 15.0 Å². The van der Waals surface area contributed by atoms with Gasteiger partial charge in [-0.05, 0) is 66.8 Å². The second-order valence-electron chi connectivity index (χ2n) is 10.8. The van der Waals surface area contributed by atoms with Crippen molar-refractivity contribution in [3.05, 3.63) is 94.0 Å². The van der Waals surface area contributed by atoms with Gasteiger partial charge < -0.3 is 24.6 Å². The molecule has 0 aliphatic carbocycles. The summed E-state index contributed by atoms with van der Waals surface area (Å²) < 4.78 is 11.7. The van der Waals surface area contributed by atoms with Gasteiger partial charge in [-0.15, -0.1) is 0 Å². The first-order valence-corrected chi connectivity index (χ1v) is 14.6. The molecule has 0 spiro atoms. The molecule has 0 saturated carbocycles. The number of benzene rings is 3. The fraction of sp³-hybridized carbons (Fsp3) is 0.375. The summed E-state index contributed by atoms with van der Waals surface area (Å²) in [6, 6.07) is 23.2. The minimum atomic E-state index is -0.764. The highest BCUT2D eigenvalue weighted by Crippen LogP contribution is 2.40. The van der Waals surface area contributed by atoms with Gasteiger partial charge in [-0.25, -0.2) is 0 Å². The van der Waals surface area contributed by atoms with Crippen LogP contribution in [-0.2, 0) is 25.5 Å². The molecule has 2 amide bonds. The highest BCUT2D eigenvalue weighted by Gasteiger charge is 2.43. The van der Waals surface area contributed by atoms with E-state index in [1.54, 1.807) is 25.0 Å². The topological polar surface area (TPSA) is 71.1 Å². The minimum Gasteiger partial charge on any atom is -0.497 e. The summed E-state index contributed by atoms with van der Waals surface area (Å²) in [5.41, 5.74) is 1.60. The standard InChI is InChI=1S/C32H35Cl2N3O4/c1-23(38)35-31(24-8-11-27(40-2)12-9-24)14-17-36(18-15-31)19-16-32(25-10-13-28(33)29(34)20-25)22-37(30(39)21-41-32)26-6-4-3-5-7-26/h3-13,20H,14-19,21-22H2,1-2H3,(H,35,38). The van der Waals surface area contributed by atoms with Crippen LogP contribution in [-0.4, -0.2) is 56.6 Å². The van der Waals surface area contributed by atoms with Crippen molar-refractivity contribution in [2.24, 2.45) is 0 Å². The predicted molar refractivity (Wildman–Crippen MR) is 162 cm³/mol. The second-order valence-corrected chi connectivity index (χ2v) is 11.6. The van der Waals surface area contributed by atoms with E-state index in [9.17, 15) is 9.59 Å². The van der Waals surface area contributed by atoms with Crippen molar-refractivity contribution >= 4 is 40.7 Å². The van der Waals surface area contributed by atoms with Crippen LogP contribution in [0.3, 0.4) is 0 Å². The number of methoxy groups -OCH3 is 1. The van der Waals surface area contributed by atoms with Crippen molar-refractivity contribution in [2.75, 3.05) is 44.8 Å². The Morgan fingerprint density at radius 2 is 1.66 bits per heavy atom. The lowest BCUT2D eigenvalue weighted by Gasteiger charge is -2.46. The van der Waals surface area contributed by atoms with Crippen LogP contribution in [0.25, 0.3) is 0 Å². The zero-order chi connectivity index (χ0) is 29.0. The number of carbonyl (C=O) groups is 2. The number of morpholine rings is 1. The summed E-state index contributed by atoms with van der Waals surface area (Å²) in [5, 5.41) is 4.17. The van der Waals surface area contributed by atoms with Gasteiger partial charge in [-0.2, -0.15) is 0 Å². The summed E-state index contributed by atoms with van der Waals surface area (Å²) in [5.74, 6) is 0.658. The molecule has 2 aliphatic heterocycles. The minimum absolute atomic E-state index is 0.0295. The number of halogens is 2. The lowest BCUT2D eigenvalue weighted by Crippen LogP contribution is -2.55. The number of carbonyl (C=O) groups excluding carboxylic acids is 2. The predicted octanol–water partition coefficient (Wildman–Crippen LogP) is 5.78. The summed E-state index contributed by atoms with van der Waals surface area (Å²) in [4.78, 5) is 29.4. The molecule has 7 nitrogen and oxygen atoms in total. The van der Waals surface area contributed by atoms with Gasteiger partial charge in [0.1, 0.15) is 18.0 Å². The van der Waals surface area contributed by atoms with E-state index in [0.717, 1.165) is 55.0 Å². The molecular weight excluding hydrogens is 561 g/mol. The monoisotopic (exact) mass is 595 g/mol. The fourth-order valence-electron chi connectivity index (χ4n) is 5.99. The summed E-state index contributed by atoms with van der Waals surface area (Å²) in [6.07, 6.45) is 2.19. The van der Waals surface area contributed by atoms with Crippen molar-refractivity contribution in [3.63, 3.8) is 0 Å². The molecule has 5 rings (SSSR count). The number of rotatable bonds is 8. The summed E-state index contributed by atoms with van der Waals surface area (Å²) in [6.45, 7) is 4.24. The van der Waals surface area contributed by atoms with Crippen molar-refractivity contribution in [3.8, 4) is 5.75 Å². The van der Waals surface area contributed by atoms with Crippen LogP contribution in [0.15, 0.2) is 72.8 Å². The third kappa shape index (κ3) is 6.38. The first-order valence-electron chi connectivity index (χ1n) is 13.8. The van der Waals surface area contributed by atoms with E-state index in [0.29, 0.717) is 23.0 Å². The Labute approximate surface area is 251 Å². The van der Waals surface area contributed by atoms with Crippen LogP contribution in [0.5, 0.6) is 5.75 Å². The number of piperidine rings is 1. The maximum Gasteiger partial charge on any atom is 0.253 e. The molecule has 41 heavy (non-hydrogen) atoms. The number of amides is 2. The maximum atomic E-state index is 13.0. The molecule has 2 saturated heterocycles. The van der Waals surface area contributed by atoms with E-state index in [4.69, 9.17) is 32.7 Å². The van der Waals surface area contributed by atoms with E-state index < -0.39 is 11.1 Å². The Morgan fingerprint density at radius 1 is 0.976 bits per heavy atom. The van der Waals surface area contributed by atoms with E-state index in [2.05, 4.69) is 10.2 Å². The Balaban J connectivity index is 1.36. The molecule has 1 atom stereocenters. The Hall–Kier alpha value is -3.10. The molecule has 2 fully saturated rings. The van der Waals surface area contributed by atoms with Gasteiger partial charge in [0.15, 0.2) is 0 Å². The van der Waals surface area contributed by atoms with E-state index in [1.165, 1.54) is 0 Å². The number of para-hydroxylation sites is 1. The number of nitrogens with zero attached hydrogens (tertiary/aromatic N) is 2. The fourth-order valence-corrected chi connectivity index (χ4v) is 6.29. The molecule has 216 valence electrons. The van der Waals surface area contributed by atoms with Crippen LogP contribution >= 0.6 is 23.2 Å². The van der Waals surface area contributed by atoms with Gasteiger partial charge in [0.2, 0.25) is 5.91 Å². The zero-order valence-corrected chi connectivity index (χ0v) is 24.9. The number of ether oxygens (including phenoxy) is 2. The smallest absolute Gasteiger partial charge is 0.253 e. The largest absolute Gasteiger partial charge is 0.497 e. The van der Waals surface area contributed by atoms with Crippen molar-refractivity contribution in [2.45, 2.75) is 37.3 Å². The summed E-state index contributed by atoms with van der Waals surface area (Å²) in [7, 11) is 1.65. The molecule has 2 aliphatic rings. The number of anilines is 1. The molecular formula is C32H35Cl2N3O4. The SMILES string of the molecule is COc1ccc(C2(NC(C)=O)CCN(CCC3(c4ccc(Cl)c(Cl)c4)CN(c4ccccc4)C(=O)CO3)CC2)cc1. The Kier molecular flexibility index (Phi) is 8.90. The van der Waals surface area contributed by atoms with Gasteiger partial charge in [0, 0.05) is 32.2 Å². The Morgan fingerprint density at radius 3 is 2.29 bits per heavy atom. The van der Waals surface area contributed by atoms with Crippen LogP contribution in [0.2, 0.25) is 10.0 Å². The van der Waals surface area contributed by atoms with Gasteiger partial charge in [0.25, 0.3) is 5.91 Å². The number of nitrogens with one attached hydrogen (secondary N) is 1. The first kappa shape index (κ1) is 29.4. The Bertz CT molecular complexity index is 1380. The third-order valence-corrected chi connectivity index (χ3v) is 9.04. The van der Waals surface area contributed by atoms with Crippen LogP contribution in [0.4, 0.5) is 5.69 Å². The van der Waals surface area contributed by atoms with Crippen molar-refractivity contribution in [1.82, 2.24) is 10.2 Å². The average molecular weight is 597 g/mol. The van der Waals surface area contributed by atoms with E-state index in [-0.39, 0.29) is 18.4 Å². The van der Waals surface area contributed by atoms with Crippen molar-refractivity contribution < 1.29 is 19.1 Å². The van der Waals surface area contributed by atoms with Gasteiger partial charge >= 0.3 is 0 Å². The van der Waals surface area contributed by atoms with Crippen molar-refractivity contribution in [1.29, 1.82) is 0 Å². The van der Waals surface area contributed by atoms with E-state index in [1.807, 2.05) is 66.7 Å². The molecule has 3 aromatic rings. The molecule has 3 aromatic carbocycles. The maximum absolute atomic E-state index is 13.0. The highest BCUT2D eigenvalue weighted by atomic mass is 35.5. The number of hydrogen-bond donors (Lipinski definition) is 1. The highest BCUT2D eigenvalue weighted by molar-refractivity contribution is 6.42. The van der Waals surface area contributed by atoms with E-state index >= 15 is 0 Å². The number of hydrogen-bond acceptors (Lipinski definition) is 5. The lowest BCUT2D eigenvalue weighted by molar-refractivity contribution is -0.141. The lowest BCUT2D eigenvalue weighted by atomic mass is 9.80. The molecule has 0 aromatic heterocycles. The zero-order valence-electron chi connectivity index (χ0n) is 23.4. The molecule has 1 unspecified atom stereocenters.